The Bertz CT molecular complexity index is 455. The highest BCUT2D eigenvalue weighted by Gasteiger charge is 2.16. The summed E-state index contributed by atoms with van der Waals surface area (Å²) in [5.41, 5.74) is 7.88. The van der Waals surface area contributed by atoms with Gasteiger partial charge in [0.25, 0.3) is 0 Å². The molecule has 21 heavy (non-hydrogen) atoms. The number of hydrogen-bond acceptors (Lipinski definition) is 4. The lowest BCUT2D eigenvalue weighted by atomic mass is 10.2. The molecule has 0 saturated carbocycles. The number of piperazine rings is 1. The molecule has 1 amide bonds. The number of aryl methyl sites for hydroxylation is 1. The van der Waals surface area contributed by atoms with Gasteiger partial charge in [0, 0.05) is 38.4 Å². The molecule has 2 rings (SSSR count). The summed E-state index contributed by atoms with van der Waals surface area (Å²) < 4.78 is 0. The van der Waals surface area contributed by atoms with Crippen LogP contribution in [0.5, 0.6) is 0 Å². The van der Waals surface area contributed by atoms with E-state index in [1.54, 1.807) is 0 Å². The second kappa shape index (κ2) is 8.00. The van der Waals surface area contributed by atoms with Crippen molar-refractivity contribution in [1.82, 2.24) is 10.2 Å². The molecule has 5 heteroatoms. The van der Waals surface area contributed by atoms with E-state index in [-0.39, 0.29) is 12.5 Å². The van der Waals surface area contributed by atoms with E-state index in [0.717, 1.165) is 39.1 Å². The average Bonchev–Trinajstić information content (AvgIpc) is 2.52. The zero-order chi connectivity index (χ0) is 15.1. The maximum absolute atomic E-state index is 11.0. The van der Waals surface area contributed by atoms with E-state index in [1.165, 1.54) is 11.3 Å². The summed E-state index contributed by atoms with van der Waals surface area (Å²) in [5.74, 6) is -0.0701. The quantitative estimate of drug-likeness (QED) is 0.753. The zero-order valence-electron chi connectivity index (χ0n) is 12.8. The van der Waals surface area contributed by atoms with Gasteiger partial charge in [-0.2, -0.15) is 0 Å². The number of hydrogen-bond donors (Lipinski definition) is 2. The molecule has 116 valence electrons. The lowest BCUT2D eigenvalue weighted by Crippen LogP contribution is -2.47. The van der Waals surface area contributed by atoms with E-state index in [2.05, 4.69) is 46.3 Å². The molecule has 3 N–H and O–H groups in total. The number of rotatable bonds is 6. The van der Waals surface area contributed by atoms with Crippen LogP contribution in [0, 0.1) is 6.92 Å². The molecular weight excluding hydrogens is 264 g/mol. The summed E-state index contributed by atoms with van der Waals surface area (Å²) in [5, 5.41) is 2.81. The van der Waals surface area contributed by atoms with Crippen LogP contribution in [0.15, 0.2) is 24.3 Å². The Morgan fingerprint density at radius 1 is 1.29 bits per heavy atom. The number of nitrogens with two attached hydrogens (primary N) is 1. The van der Waals surface area contributed by atoms with Crippen molar-refractivity contribution < 1.29 is 4.79 Å². The topological polar surface area (TPSA) is 61.6 Å². The molecule has 0 aromatic heterocycles. The van der Waals surface area contributed by atoms with Gasteiger partial charge in [0.15, 0.2) is 0 Å². The predicted octanol–water partition coefficient (Wildman–Crippen LogP) is 0.582. The number of anilines is 1. The van der Waals surface area contributed by atoms with Gasteiger partial charge in [-0.1, -0.05) is 12.1 Å². The molecule has 0 aliphatic carbocycles. The molecule has 0 bridgehead atoms. The van der Waals surface area contributed by atoms with Gasteiger partial charge in [0.1, 0.15) is 0 Å². The van der Waals surface area contributed by atoms with Crippen LogP contribution in [0.3, 0.4) is 0 Å². The molecule has 1 aromatic carbocycles. The SMILES string of the molecule is Cc1cccc(N2CCN(CCCNC(=O)CN)CC2)c1. The first-order chi connectivity index (χ1) is 10.2. The van der Waals surface area contributed by atoms with Gasteiger partial charge in [0.05, 0.1) is 6.54 Å². The van der Waals surface area contributed by atoms with Gasteiger partial charge in [0.2, 0.25) is 5.91 Å². The lowest BCUT2D eigenvalue weighted by Gasteiger charge is -2.36. The standard InChI is InChI=1S/C16H26N4O/c1-14-4-2-5-15(12-14)20-10-8-19(9-11-20)7-3-6-18-16(21)13-17/h2,4-5,12H,3,6-11,13,17H2,1H3,(H,18,21). The van der Waals surface area contributed by atoms with E-state index < -0.39 is 0 Å². The van der Waals surface area contributed by atoms with Gasteiger partial charge in [-0.3, -0.25) is 9.69 Å². The van der Waals surface area contributed by atoms with Crippen LogP contribution in [0.25, 0.3) is 0 Å². The number of carbonyl (C=O) groups is 1. The molecule has 0 radical (unpaired) electrons. The first kappa shape index (κ1) is 15.8. The van der Waals surface area contributed by atoms with Crippen LogP contribution in [-0.2, 0) is 4.79 Å². The summed E-state index contributed by atoms with van der Waals surface area (Å²) in [6.45, 7) is 8.26. The number of amides is 1. The van der Waals surface area contributed by atoms with Crippen molar-refractivity contribution in [1.29, 1.82) is 0 Å². The minimum absolute atomic E-state index is 0.0701. The lowest BCUT2D eigenvalue weighted by molar-refractivity contribution is -0.119. The Morgan fingerprint density at radius 2 is 2.05 bits per heavy atom. The smallest absolute Gasteiger partial charge is 0.233 e. The highest BCUT2D eigenvalue weighted by atomic mass is 16.1. The molecule has 5 nitrogen and oxygen atoms in total. The molecule has 0 spiro atoms. The number of carbonyl (C=O) groups excluding carboxylic acids is 1. The molecule has 0 atom stereocenters. The van der Waals surface area contributed by atoms with Crippen LogP contribution >= 0.6 is 0 Å². The number of nitrogens with one attached hydrogen (secondary N) is 1. The fourth-order valence-electron chi connectivity index (χ4n) is 2.66. The Balaban J connectivity index is 1.67. The van der Waals surface area contributed by atoms with E-state index in [0.29, 0.717) is 6.54 Å². The van der Waals surface area contributed by atoms with Gasteiger partial charge >= 0.3 is 0 Å². The van der Waals surface area contributed by atoms with Crippen molar-refractivity contribution in [2.45, 2.75) is 13.3 Å². The zero-order valence-corrected chi connectivity index (χ0v) is 12.8. The molecule has 1 aromatic rings. The third-order valence-corrected chi connectivity index (χ3v) is 3.90. The van der Waals surface area contributed by atoms with E-state index >= 15 is 0 Å². The monoisotopic (exact) mass is 290 g/mol. The second-order valence-corrected chi connectivity index (χ2v) is 5.58. The maximum Gasteiger partial charge on any atom is 0.233 e. The summed E-state index contributed by atoms with van der Waals surface area (Å²) in [7, 11) is 0. The minimum atomic E-state index is -0.0701. The van der Waals surface area contributed by atoms with Crippen molar-refractivity contribution >= 4 is 11.6 Å². The highest BCUT2D eigenvalue weighted by Crippen LogP contribution is 2.17. The predicted molar refractivity (Wildman–Crippen MR) is 86.5 cm³/mol. The second-order valence-electron chi connectivity index (χ2n) is 5.58. The fraction of sp³-hybridized carbons (Fsp3) is 0.562. The highest BCUT2D eigenvalue weighted by molar-refractivity contribution is 5.77. The molecule has 1 fully saturated rings. The van der Waals surface area contributed by atoms with Crippen molar-refractivity contribution in [2.24, 2.45) is 5.73 Å². The number of benzene rings is 1. The molecule has 0 unspecified atom stereocenters. The molecule has 1 saturated heterocycles. The van der Waals surface area contributed by atoms with E-state index in [9.17, 15) is 4.79 Å². The summed E-state index contributed by atoms with van der Waals surface area (Å²) >= 11 is 0. The third kappa shape index (κ3) is 5.02. The fourth-order valence-corrected chi connectivity index (χ4v) is 2.66. The van der Waals surface area contributed by atoms with Crippen molar-refractivity contribution in [2.75, 3.05) is 50.7 Å². The normalized spacial score (nSPS) is 16.0. The molecule has 1 heterocycles. The van der Waals surface area contributed by atoms with Crippen molar-refractivity contribution in [3.8, 4) is 0 Å². The van der Waals surface area contributed by atoms with Gasteiger partial charge in [-0.15, -0.1) is 0 Å². The van der Waals surface area contributed by atoms with Gasteiger partial charge in [-0.05, 0) is 37.6 Å². The summed E-state index contributed by atoms with van der Waals surface area (Å²) in [6, 6.07) is 8.69. The van der Waals surface area contributed by atoms with Crippen LogP contribution in [0.2, 0.25) is 0 Å². The minimum Gasteiger partial charge on any atom is -0.369 e. The number of nitrogens with zero attached hydrogens (tertiary/aromatic N) is 2. The van der Waals surface area contributed by atoms with Crippen LogP contribution in [-0.4, -0.2) is 56.6 Å². The Morgan fingerprint density at radius 3 is 2.71 bits per heavy atom. The first-order valence-corrected chi connectivity index (χ1v) is 7.70. The molecule has 1 aliphatic rings. The van der Waals surface area contributed by atoms with Crippen LogP contribution < -0.4 is 16.0 Å². The summed E-state index contributed by atoms with van der Waals surface area (Å²) in [6.07, 6.45) is 0.982. The van der Waals surface area contributed by atoms with Crippen LogP contribution in [0.4, 0.5) is 5.69 Å². The van der Waals surface area contributed by atoms with E-state index in [1.807, 2.05) is 0 Å². The third-order valence-electron chi connectivity index (χ3n) is 3.90. The van der Waals surface area contributed by atoms with Gasteiger partial charge in [-0.25, -0.2) is 0 Å². The Kier molecular flexibility index (Phi) is 6.02. The maximum atomic E-state index is 11.0. The largest absolute Gasteiger partial charge is 0.369 e. The first-order valence-electron chi connectivity index (χ1n) is 7.70. The van der Waals surface area contributed by atoms with Crippen molar-refractivity contribution in [3.05, 3.63) is 29.8 Å². The van der Waals surface area contributed by atoms with Crippen LogP contribution in [0.1, 0.15) is 12.0 Å². The van der Waals surface area contributed by atoms with E-state index in [4.69, 9.17) is 5.73 Å². The van der Waals surface area contributed by atoms with Crippen molar-refractivity contribution in [3.63, 3.8) is 0 Å². The summed E-state index contributed by atoms with van der Waals surface area (Å²) in [4.78, 5) is 15.9. The Hall–Kier alpha value is -1.59. The average molecular weight is 290 g/mol. The Labute approximate surface area is 127 Å². The molecule has 1 aliphatic heterocycles. The van der Waals surface area contributed by atoms with Gasteiger partial charge < -0.3 is 16.0 Å². The molecular formula is C16H26N4O.